The summed E-state index contributed by atoms with van der Waals surface area (Å²) in [5, 5.41) is 18.4. The van der Waals surface area contributed by atoms with E-state index in [1.54, 1.807) is 24.3 Å². The molecule has 3 aromatic rings. The summed E-state index contributed by atoms with van der Waals surface area (Å²) in [6, 6.07) is 7.07. The van der Waals surface area contributed by atoms with Crippen LogP contribution in [0, 0.1) is 0 Å². The topological polar surface area (TPSA) is 91.9 Å². The van der Waals surface area contributed by atoms with E-state index in [-0.39, 0.29) is 4.96 Å². The lowest BCUT2D eigenvalue weighted by molar-refractivity contribution is 0.0687. The van der Waals surface area contributed by atoms with Gasteiger partial charge in [-0.25, -0.2) is 14.2 Å². The van der Waals surface area contributed by atoms with Crippen LogP contribution in [0.3, 0.4) is 0 Å². The highest BCUT2D eigenvalue weighted by molar-refractivity contribution is 7.23. The fourth-order valence-corrected chi connectivity index (χ4v) is 2.77. The lowest BCUT2D eigenvalue weighted by Crippen LogP contribution is -2.17. The minimum absolute atomic E-state index is 0.247. The molecule has 6 nitrogen and oxygen atoms in total. The van der Waals surface area contributed by atoms with Crippen molar-refractivity contribution in [2.75, 3.05) is 0 Å². The average molecular weight is 262 g/mol. The zero-order valence-electron chi connectivity index (χ0n) is 8.82. The van der Waals surface area contributed by atoms with Gasteiger partial charge in [0.2, 0.25) is 5.75 Å². The number of benzene rings is 1. The fourth-order valence-electron chi connectivity index (χ4n) is 1.75. The smallest absolute Gasteiger partial charge is 0.358 e. The van der Waals surface area contributed by atoms with Crippen molar-refractivity contribution in [3.05, 3.63) is 40.3 Å². The molecule has 0 aliphatic carbocycles. The highest BCUT2D eigenvalue weighted by Crippen LogP contribution is 2.25. The zero-order valence-corrected chi connectivity index (χ0v) is 9.64. The van der Waals surface area contributed by atoms with Crippen molar-refractivity contribution in [2.24, 2.45) is 0 Å². The van der Waals surface area contributed by atoms with Crippen LogP contribution in [-0.2, 0) is 0 Å². The normalized spacial score (nSPS) is 11.1. The Bertz CT molecular complexity index is 849. The van der Waals surface area contributed by atoms with E-state index in [2.05, 4.69) is 4.98 Å². The van der Waals surface area contributed by atoms with Gasteiger partial charge in [-0.05, 0) is 12.1 Å². The molecule has 0 aliphatic rings. The molecule has 90 valence electrons. The molecule has 1 aromatic carbocycles. The van der Waals surface area contributed by atoms with Crippen LogP contribution in [0.2, 0.25) is 0 Å². The quantitative estimate of drug-likeness (QED) is 0.690. The zero-order chi connectivity index (χ0) is 12.9. The number of carbonyl (C=O) groups is 1. The number of fused-ring (bicyclic) bond motifs is 3. The molecule has 3 rings (SSSR count). The predicted molar refractivity (Wildman–Crippen MR) is 65.5 cm³/mol. The molecule has 7 heteroatoms. The molecule has 0 aliphatic heterocycles. The molecular weight excluding hydrogens is 256 g/mol. The Balaban J connectivity index is 2.58. The molecule has 0 unspecified atom stereocenters. The first-order valence-electron chi connectivity index (χ1n) is 4.96. The summed E-state index contributed by atoms with van der Waals surface area (Å²) in [6.07, 6.45) is 0. The Kier molecular flexibility index (Phi) is 2.11. The van der Waals surface area contributed by atoms with E-state index in [1.807, 2.05) is 0 Å². The summed E-state index contributed by atoms with van der Waals surface area (Å²) in [4.78, 5) is 26.9. The van der Waals surface area contributed by atoms with E-state index in [4.69, 9.17) is 5.11 Å². The third-order valence-corrected chi connectivity index (χ3v) is 3.56. The number of rotatable bonds is 1. The summed E-state index contributed by atoms with van der Waals surface area (Å²) in [7, 11) is 0. The van der Waals surface area contributed by atoms with E-state index in [0.717, 1.165) is 4.70 Å². The van der Waals surface area contributed by atoms with Gasteiger partial charge in [-0.15, -0.1) is 0 Å². The van der Waals surface area contributed by atoms with Crippen LogP contribution < -0.4 is 5.56 Å². The first-order chi connectivity index (χ1) is 8.59. The highest BCUT2D eigenvalue weighted by Gasteiger charge is 2.19. The van der Waals surface area contributed by atoms with Crippen molar-refractivity contribution in [1.82, 2.24) is 9.38 Å². The monoisotopic (exact) mass is 262 g/mol. The van der Waals surface area contributed by atoms with Gasteiger partial charge in [-0.1, -0.05) is 23.5 Å². The van der Waals surface area contributed by atoms with Crippen molar-refractivity contribution in [3.8, 4) is 5.75 Å². The first kappa shape index (κ1) is 10.7. The molecule has 0 spiro atoms. The maximum Gasteiger partial charge on any atom is 0.358 e. The van der Waals surface area contributed by atoms with Crippen molar-refractivity contribution in [2.45, 2.75) is 0 Å². The number of aromatic carboxylic acids is 1. The van der Waals surface area contributed by atoms with Gasteiger partial charge in [-0.2, -0.15) is 0 Å². The highest BCUT2D eigenvalue weighted by atomic mass is 32.1. The Morgan fingerprint density at radius 3 is 2.78 bits per heavy atom. The molecule has 2 N–H and O–H groups in total. The Morgan fingerprint density at radius 2 is 2.06 bits per heavy atom. The molecule has 18 heavy (non-hydrogen) atoms. The Hall–Kier alpha value is -2.41. The minimum Gasteiger partial charge on any atom is -0.501 e. The van der Waals surface area contributed by atoms with Gasteiger partial charge < -0.3 is 10.2 Å². The van der Waals surface area contributed by atoms with Crippen LogP contribution in [0.15, 0.2) is 29.1 Å². The number of carboxylic acid groups (broad SMARTS) is 1. The number of carboxylic acids is 1. The van der Waals surface area contributed by atoms with Gasteiger partial charge in [0.05, 0.1) is 10.2 Å². The van der Waals surface area contributed by atoms with Crippen molar-refractivity contribution >= 4 is 32.5 Å². The maximum atomic E-state index is 11.9. The summed E-state index contributed by atoms with van der Waals surface area (Å²) in [5.74, 6) is -2.27. The van der Waals surface area contributed by atoms with Gasteiger partial charge in [-0.3, -0.25) is 4.79 Å². The van der Waals surface area contributed by atoms with E-state index < -0.39 is 23.0 Å². The number of hydrogen-bond acceptors (Lipinski definition) is 5. The summed E-state index contributed by atoms with van der Waals surface area (Å²) >= 11 is 1.19. The van der Waals surface area contributed by atoms with Crippen LogP contribution in [0.1, 0.15) is 10.5 Å². The summed E-state index contributed by atoms with van der Waals surface area (Å²) in [6.45, 7) is 0. The number of nitrogens with zero attached hydrogens (tertiary/aromatic N) is 2. The number of aromatic hydroxyl groups is 1. The number of aromatic nitrogens is 2. The second kappa shape index (κ2) is 3.54. The molecule has 0 saturated carbocycles. The van der Waals surface area contributed by atoms with Crippen LogP contribution in [0.5, 0.6) is 5.75 Å². The van der Waals surface area contributed by atoms with Crippen molar-refractivity contribution < 1.29 is 15.0 Å². The van der Waals surface area contributed by atoms with Gasteiger partial charge in [0.25, 0.3) is 0 Å². The van der Waals surface area contributed by atoms with Crippen molar-refractivity contribution in [1.29, 1.82) is 0 Å². The molecule has 0 amide bonds. The van der Waals surface area contributed by atoms with E-state index in [9.17, 15) is 14.7 Å². The number of para-hydroxylation sites is 1. The van der Waals surface area contributed by atoms with Gasteiger partial charge >= 0.3 is 11.5 Å². The molecule has 0 fully saturated rings. The van der Waals surface area contributed by atoms with Gasteiger partial charge in [0.15, 0.2) is 10.7 Å². The summed E-state index contributed by atoms with van der Waals surface area (Å²) < 4.78 is 2.01. The summed E-state index contributed by atoms with van der Waals surface area (Å²) in [5.41, 5.74) is -0.788. The molecule has 0 saturated heterocycles. The van der Waals surface area contributed by atoms with E-state index in [0.29, 0.717) is 5.52 Å². The molecule has 0 radical (unpaired) electrons. The first-order valence-corrected chi connectivity index (χ1v) is 5.78. The molecule has 2 aromatic heterocycles. The fraction of sp³-hybridized carbons (Fsp3) is 0. The number of thiazole rings is 1. The van der Waals surface area contributed by atoms with Crippen LogP contribution in [-0.4, -0.2) is 25.6 Å². The standard InChI is InChI=1S/C11H6N2O4S/c14-8-7(10(16)17)12-11-13(9(8)15)5-3-1-2-4-6(5)18-11/h1-4,14H,(H,16,17). The third kappa shape index (κ3) is 1.31. The molecular formula is C11H6N2O4S. The van der Waals surface area contributed by atoms with E-state index >= 15 is 0 Å². The van der Waals surface area contributed by atoms with E-state index in [1.165, 1.54) is 15.7 Å². The Labute approximate surface area is 103 Å². The predicted octanol–water partition coefficient (Wildman–Crippen LogP) is 1.31. The van der Waals surface area contributed by atoms with Crippen LogP contribution in [0.4, 0.5) is 0 Å². The molecule has 0 bridgehead atoms. The SMILES string of the molecule is O=C(O)c1nc2sc3ccccc3n2c(=O)c1O. The third-order valence-electron chi connectivity index (χ3n) is 2.54. The van der Waals surface area contributed by atoms with Crippen LogP contribution >= 0.6 is 11.3 Å². The molecule has 2 heterocycles. The van der Waals surface area contributed by atoms with Gasteiger partial charge in [0.1, 0.15) is 0 Å². The van der Waals surface area contributed by atoms with Gasteiger partial charge in [0, 0.05) is 0 Å². The average Bonchev–Trinajstić information content (AvgIpc) is 2.71. The minimum atomic E-state index is -1.43. The lowest BCUT2D eigenvalue weighted by atomic mass is 10.3. The van der Waals surface area contributed by atoms with Crippen LogP contribution in [0.25, 0.3) is 15.2 Å². The second-order valence-corrected chi connectivity index (χ2v) is 4.62. The maximum absolute atomic E-state index is 11.9. The second-order valence-electron chi connectivity index (χ2n) is 3.61. The molecule has 0 atom stereocenters. The van der Waals surface area contributed by atoms with Crippen molar-refractivity contribution in [3.63, 3.8) is 0 Å². The number of hydrogen-bond donors (Lipinski definition) is 2. The Morgan fingerprint density at radius 1 is 1.33 bits per heavy atom. The lowest BCUT2D eigenvalue weighted by Gasteiger charge is -1.99. The largest absolute Gasteiger partial charge is 0.501 e.